The van der Waals surface area contributed by atoms with Crippen molar-refractivity contribution in [2.75, 3.05) is 0 Å². The first kappa shape index (κ1) is 43.3. The summed E-state index contributed by atoms with van der Waals surface area (Å²) in [6, 6.07) is 6.59. The van der Waals surface area contributed by atoms with Crippen LogP contribution >= 0.6 is 46.4 Å². The SMILES string of the molecule is CC(N=Nc1cc(Cl)c(-c2cc(Cl)c(N=NC(C)=C3C=C(C(C)(C)C)C(=O)C(C(C)(C)C)=C3)cc2Cl)cc1Cl)=C1C=C(C(C)(C)C)C(=O)C(C(C)(C)C)=C1. The van der Waals surface area contributed by atoms with Crippen molar-refractivity contribution in [3.05, 3.63) is 113 Å². The molecule has 0 fully saturated rings. The number of nitrogens with zero attached hydrogens (tertiary/aromatic N) is 4. The summed E-state index contributed by atoms with van der Waals surface area (Å²) in [5.41, 5.74) is 6.20. The Balaban J connectivity index is 1.68. The maximum absolute atomic E-state index is 13.4. The van der Waals surface area contributed by atoms with Gasteiger partial charge < -0.3 is 0 Å². The van der Waals surface area contributed by atoms with Crippen LogP contribution in [0.5, 0.6) is 0 Å². The summed E-state index contributed by atoms with van der Waals surface area (Å²) in [4.78, 5) is 26.8. The number of ketones is 2. The average Bonchev–Trinajstić information content (AvgIpc) is 3.02. The molecule has 0 unspecified atom stereocenters. The second-order valence-electron chi connectivity index (χ2n) is 17.9. The molecule has 54 heavy (non-hydrogen) atoms. The van der Waals surface area contributed by atoms with Gasteiger partial charge in [0, 0.05) is 33.4 Å². The predicted molar refractivity (Wildman–Crippen MR) is 227 cm³/mol. The molecule has 0 heterocycles. The van der Waals surface area contributed by atoms with Gasteiger partial charge in [-0.3, -0.25) is 9.59 Å². The van der Waals surface area contributed by atoms with E-state index < -0.39 is 0 Å². The van der Waals surface area contributed by atoms with Gasteiger partial charge in [0.1, 0.15) is 11.4 Å². The van der Waals surface area contributed by atoms with Crippen LogP contribution in [0.3, 0.4) is 0 Å². The number of rotatable bonds is 5. The molecule has 6 nitrogen and oxygen atoms in total. The van der Waals surface area contributed by atoms with Gasteiger partial charge in [0.2, 0.25) is 0 Å². The van der Waals surface area contributed by atoms with Crippen LogP contribution < -0.4 is 0 Å². The minimum Gasteiger partial charge on any atom is -0.289 e. The lowest BCUT2D eigenvalue weighted by atomic mass is 9.72. The molecule has 0 saturated carbocycles. The van der Waals surface area contributed by atoms with E-state index in [1.54, 1.807) is 24.3 Å². The minimum absolute atomic E-state index is 0.0497. The summed E-state index contributed by atoms with van der Waals surface area (Å²) in [7, 11) is 0. The normalized spacial score (nSPS) is 16.3. The van der Waals surface area contributed by atoms with E-state index in [1.165, 1.54) is 0 Å². The highest BCUT2D eigenvalue weighted by Crippen LogP contribution is 2.45. The van der Waals surface area contributed by atoms with E-state index in [4.69, 9.17) is 46.4 Å². The second kappa shape index (κ2) is 15.6. The lowest BCUT2D eigenvalue weighted by molar-refractivity contribution is -0.114. The molecule has 10 heteroatoms. The molecule has 2 aromatic carbocycles. The summed E-state index contributed by atoms with van der Waals surface area (Å²) in [6.45, 7) is 28.0. The first-order valence-electron chi connectivity index (χ1n) is 17.8. The van der Waals surface area contributed by atoms with E-state index in [0.717, 1.165) is 33.4 Å². The number of allylic oxidation sites excluding steroid dienone is 12. The van der Waals surface area contributed by atoms with Crippen LogP contribution in [0.1, 0.15) is 96.9 Å². The van der Waals surface area contributed by atoms with Crippen LogP contribution in [0.15, 0.2) is 114 Å². The van der Waals surface area contributed by atoms with Gasteiger partial charge in [-0.1, -0.05) is 129 Å². The van der Waals surface area contributed by atoms with Crippen molar-refractivity contribution in [3.8, 4) is 11.1 Å². The van der Waals surface area contributed by atoms with Crippen molar-refractivity contribution >= 4 is 69.3 Å². The minimum atomic E-state index is -0.349. The van der Waals surface area contributed by atoms with E-state index in [1.807, 2.05) is 121 Å². The van der Waals surface area contributed by atoms with Crippen LogP contribution in [0, 0.1) is 21.7 Å². The average molecular weight is 809 g/mol. The van der Waals surface area contributed by atoms with E-state index in [9.17, 15) is 9.59 Å². The molecule has 0 saturated heterocycles. The van der Waals surface area contributed by atoms with E-state index >= 15 is 0 Å². The van der Waals surface area contributed by atoms with E-state index in [0.29, 0.717) is 54.0 Å². The number of azo groups is 2. The summed E-state index contributed by atoms with van der Waals surface area (Å²) >= 11 is 27.0. The lowest BCUT2D eigenvalue weighted by Gasteiger charge is -2.31. The molecule has 4 rings (SSSR count). The fourth-order valence-electron chi connectivity index (χ4n) is 5.92. The highest BCUT2D eigenvalue weighted by atomic mass is 35.5. The summed E-state index contributed by atoms with van der Waals surface area (Å²) < 4.78 is 0. The molecule has 0 radical (unpaired) electrons. The Kier molecular flexibility index (Phi) is 12.5. The standard InChI is InChI=1S/C44H50Cl4N4O2/c1-23(25-15-29(41(3,4)5)39(53)30(16-25)42(6,7)8)49-51-37-21-33(45)27(19-35(37)47)28-20-36(48)38(22-34(28)46)52-50-24(2)26-17-31(43(9,10)11)40(54)32(18-26)44(12,13)14/h15-22H,1-14H3. The maximum Gasteiger partial charge on any atom is 0.186 e. The Morgan fingerprint density at radius 1 is 0.444 bits per heavy atom. The number of benzene rings is 2. The van der Waals surface area contributed by atoms with E-state index in [-0.39, 0.29) is 33.2 Å². The Morgan fingerprint density at radius 2 is 0.704 bits per heavy atom. The molecule has 0 atom stereocenters. The molecule has 2 aliphatic rings. The van der Waals surface area contributed by atoms with Gasteiger partial charge in [-0.2, -0.15) is 10.2 Å². The molecular formula is C44H50Cl4N4O2. The van der Waals surface area contributed by atoms with Crippen LogP contribution in [0.2, 0.25) is 20.1 Å². The van der Waals surface area contributed by atoms with Crippen molar-refractivity contribution in [1.29, 1.82) is 0 Å². The number of carbonyl (C=O) groups is 2. The molecule has 0 bridgehead atoms. The molecule has 0 N–H and O–H groups in total. The summed E-state index contributed by atoms with van der Waals surface area (Å²) in [6.07, 6.45) is 7.59. The number of hydrogen-bond donors (Lipinski definition) is 0. The topological polar surface area (TPSA) is 83.6 Å². The van der Waals surface area contributed by atoms with Crippen LogP contribution in [-0.2, 0) is 9.59 Å². The van der Waals surface area contributed by atoms with Gasteiger partial charge >= 0.3 is 0 Å². The zero-order valence-corrected chi connectivity index (χ0v) is 36.8. The van der Waals surface area contributed by atoms with Gasteiger partial charge in [0.25, 0.3) is 0 Å². The summed E-state index contributed by atoms with van der Waals surface area (Å²) in [5.74, 6) is 0.0994. The van der Waals surface area contributed by atoms with Crippen LogP contribution in [-0.4, -0.2) is 11.6 Å². The Hall–Kier alpha value is -3.42. The number of carbonyl (C=O) groups excluding carboxylic acids is 2. The lowest BCUT2D eigenvalue weighted by Crippen LogP contribution is -2.28. The molecule has 2 aromatic rings. The third-order valence-corrected chi connectivity index (χ3v) is 10.5. The highest BCUT2D eigenvalue weighted by Gasteiger charge is 2.36. The van der Waals surface area contributed by atoms with Crippen molar-refractivity contribution in [2.45, 2.75) is 96.9 Å². The second-order valence-corrected chi connectivity index (χ2v) is 19.6. The molecule has 0 amide bonds. The van der Waals surface area contributed by atoms with Crippen LogP contribution in [0.25, 0.3) is 11.1 Å². The fraction of sp³-hybridized carbons (Fsp3) is 0.409. The monoisotopic (exact) mass is 806 g/mol. The zero-order valence-electron chi connectivity index (χ0n) is 33.7. The maximum atomic E-state index is 13.4. The Bertz CT molecular complexity index is 1960. The van der Waals surface area contributed by atoms with Gasteiger partial charge in [0.15, 0.2) is 11.6 Å². The van der Waals surface area contributed by atoms with Crippen molar-refractivity contribution in [1.82, 2.24) is 0 Å². The Labute approximate surface area is 340 Å². The van der Waals surface area contributed by atoms with Gasteiger partial charge in [-0.15, -0.1) is 10.2 Å². The van der Waals surface area contributed by atoms with E-state index in [2.05, 4.69) is 20.5 Å². The molecule has 0 aliphatic heterocycles. The van der Waals surface area contributed by atoms with Crippen molar-refractivity contribution in [2.24, 2.45) is 42.1 Å². The first-order valence-corrected chi connectivity index (χ1v) is 19.3. The zero-order chi connectivity index (χ0) is 40.9. The molecule has 2 aliphatic carbocycles. The third kappa shape index (κ3) is 9.68. The number of halogens is 4. The van der Waals surface area contributed by atoms with Gasteiger partial charge in [0.05, 0.1) is 31.5 Å². The van der Waals surface area contributed by atoms with Crippen molar-refractivity contribution in [3.63, 3.8) is 0 Å². The Morgan fingerprint density at radius 3 is 0.944 bits per heavy atom. The summed E-state index contributed by atoms with van der Waals surface area (Å²) in [5, 5.41) is 19.1. The highest BCUT2D eigenvalue weighted by molar-refractivity contribution is 6.40. The molecule has 0 aromatic heterocycles. The van der Waals surface area contributed by atoms with Crippen LogP contribution in [0.4, 0.5) is 11.4 Å². The number of hydrogen-bond acceptors (Lipinski definition) is 6. The smallest absolute Gasteiger partial charge is 0.186 e. The third-order valence-electron chi connectivity index (χ3n) is 9.22. The molecular weight excluding hydrogens is 758 g/mol. The molecule has 286 valence electrons. The first-order chi connectivity index (χ1) is 24.6. The fourth-order valence-corrected chi connectivity index (χ4v) is 6.84. The largest absolute Gasteiger partial charge is 0.289 e. The molecule has 0 spiro atoms. The quantitative estimate of drug-likeness (QED) is 0.282. The van der Waals surface area contributed by atoms with Gasteiger partial charge in [-0.05, 0) is 95.2 Å². The van der Waals surface area contributed by atoms with Gasteiger partial charge in [-0.25, -0.2) is 0 Å². The predicted octanol–water partition coefficient (Wildman–Crippen LogP) is 15.7. The number of Topliss-reactive ketones (excluding diaryl/α,β-unsaturated/α-hetero) is 2. The van der Waals surface area contributed by atoms with Crippen molar-refractivity contribution < 1.29 is 9.59 Å².